The zero-order valence-electron chi connectivity index (χ0n) is 9.73. The Morgan fingerprint density at radius 2 is 1.94 bits per heavy atom. The van der Waals surface area contributed by atoms with E-state index in [0.717, 1.165) is 19.3 Å². The van der Waals surface area contributed by atoms with E-state index in [1.54, 1.807) is 0 Å². The molecule has 6 nitrogen and oxygen atoms in total. The maximum absolute atomic E-state index is 11.8. The average molecular weight is 229 g/mol. The third kappa shape index (κ3) is 3.37. The maximum atomic E-state index is 11.8. The van der Waals surface area contributed by atoms with E-state index in [1.165, 1.54) is 0 Å². The van der Waals surface area contributed by atoms with Gasteiger partial charge in [0.05, 0.1) is 0 Å². The fourth-order valence-electron chi connectivity index (χ4n) is 2.16. The summed E-state index contributed by atoms with van der Waals surface area (Å²) in [7, 11) is 0. The van der Waals surface area contributed by atoms with E-state index in [9.17, 15) is 9.59 Å². The van der Waals surface area contributed by atoms with Crippen LogP contribution in [-0.4, -0.2) is 35.5 Å². The van der Waals surface area contributed by atoms with Crippen molar-refractivity contribution < 1.29 is 14.4 Å². The summed E-state index contributed by atoms with van der Waals surface area (Å²) in [6.45, 7) is 3.88. The minimum atomic E-state index is -0.799. The van der Waals surface area contributed by atoms with Gasteiger partial charge in [0.15, 0.2) is 6.61 Å². The second kappa shape index (κ2) is 5.69. The number of carbonyl (C=O) groups excluding carboxylic acids is 2. The number of nitrogens with one attached hydrogen (secondary N) is 1. The van der Waals surface area contributed by atoms with Crippen molar-refractivity contribution in [3.05, 3.63) is 0 Å². The van der Waals surface area contributed by atoms with Gasteiger partial charge < -0.3 is 10.6 Å². The largest absolute Gasteiger partial charge is 0.350 e. The predicted molar refractivity (Wildman–Crippen MR) is 58.3 cm³/mol. The number of hydrogen-bond acceptors (Lipinski definition) is 3. The van der Waals surface area contributed by atoms with Crippen molar-refractivity contribution in [1.29, 1.82) is 0 Å². The lowest BCUT2D eigenvalue weighted by Gasteiger charge is -2.38. The van der Waals surface area contributed by atoms with E-state index in [2.05, 4.69) is 0 Å². The highest BCUT2D eigenvalue weighted by Gasteiger charge is 2.28. The highest BCUT2D eigenvalue weighted by Crippen LogP contribution is 2.22. The van der Waals surface area contributed by atoms with Gasteiger partial charge in [-0.15, -0.1) is 0 Å². The van der Waals surface area contributed by atoms with Gasteiger partial charge in [0.25, 0.3) is 5.91 Å². The van der Waals surface area contributed by atoms with Crippen molar-refractivity contribution in [2.24, 2.45) is 5.73 Å². The van der Waals surface area contributed by atoms with Gasteiger partial charge in [-0.05, 0) is 33.1 Å². The summed E-state index contributed by atoms with van der Waals surface area (Å²) in [5, 5.41) is 0. The SMILES string of the molecule is CC1CCCC(C)N1C(=O)CONC(N)=O. The first-order valence-corrected chi connectivity index (χ1v) is 5.50. The van der Waals surface area contributed by atoms with Crippen LogP contribution in [0.3, 0.4) is 0 Å². The summed E-state index contributed by atoms with van der Waals surface area (Å²) in [5.41, 5.74) is 6.75. The number of piperidine rings is 1. The predicted octanol–water partition coefficient (Wildman–Crippen LogP) is 0.376. The van der Waals surface area contributed by atoms with E-state index in [0.29, 0.717) is 0 Å². The van der Waals surface area contributed by atoms with Crippen molar-refractivity contribution >= 4 is 11.9 Å². The van der Waals surface area contributed by atoms with Gasteiger partial charge in [0.2, 0.25) is 0 Å². The van der Waals surface area contributed by atoms with E-state index in [-0.39, 0.29) is 24.6 Å². The highest BCUT2D eigenvalue weighted by molar-refractivity contribution is 5.78. The Kier molecular flexibility index (Phi) is 4.54. The van der Waals surface area contributed by atoms with Crippen molar-refractivity contribution in [1.82, 2.24) is 10.4 Å². The molecule has 3 amide bonds. The zero-order valence-corrected chi connectivity index (χ0v) is 9.73. The Labute approximate surface area is 95.1 Å². The lowest BCUT2D eigenvalue weighted by molar-refractivity contribution is -0.144. The molecule has 92 valence electrons. The molecule has 0 spiro atoms. The molecule has 2 atom stereocenters. The van der Waals surface area contributed by atoms with Crippen LogP contribution in [0.2, 0.25) is 0 Å². The second-order valence-electron chi connectivity index (χ2n) is 4.18. The second-order valence-corrected chi connectivity index (χ2v) is 4.18. The topological polar surface area (TPSA) is 84.7 Å². The van der Waals surface area contributed by atoms with Crippen LogP contribution in [0.15, 0.2) is 0 Å². The molecule has 0 aliphatic carbocycles. The van der Waals surface area contributed by atoms with Crippen LogP contribution in [0, 0.1) is 0 Å². The van der Waals surface area contributed by atoms with Gasteiger partial charge in [-0.3, -0.25) is 9.63 Å². The van der Waals surface area contributed by atoms with Gasteiger partial charge in [0.1, 0.15) is 0 Å². The minimum Gasteiger partial charge on any atom is -0.350 e. The van der Waals surface area contributed by atoms with Crippen LogP contribution in [0.5, 0.6) is 0 Å². The molecule has 0 aromatic carbocycles. The molecule has 1 fully saturated rings. The third-order valence-electron chi connectivity index (χ3n) is 2.85. The molecule has 6 heteroatoms. The van der Waals surface area contributed by atoms with Gasteiger partial charge in [0, 0.05) is 12.1 Å². The molecule has 1 rings (SSSR count). The molecule has 0 aromatic rings. The number of likely N-dealkylation sites (tertiary alicyclic amines) is 1. The van der Waals surface area contributed by atoms with Gasteiger partial charge in [-0.2, -0.15) is 0 Å². The van der Waals surface area contributed by atoms with Crippen molar-refractivity contribution in [3.63, 3.8) is 0 Å². The molecule has 0 saturated carbocycles. The third-order valence-corrected chi connectivity index (χ3v) is 2.85. The van der Waals surface area contributed by atoms with Crippen LogP contribution < -0.4 is 11.2 Å². The molecule has 1 aliphatic heterocycles. The van der Waals surface area contributed by atoms with Crippen molar-refractivity contribution in [2.75, 3.05) is 6.61 Å². The van der Waals surface area contributed by atoms with E-state index < -0.39 is 6.03 Å². The smallest absolute Gasteiger partial charge is 0.336 e. The molecular formula is C10H19N3O3. The molecule has 3 N–H and O–H groups in total. The summed E-state index contributed by atoms with van der Waals surface area (Å²) < 4.78 is 0. The molecule has 2 unspecified atom stereocenters. The number of hydroxylamine groups is 1. The number of carbonyl (C=O) groups is 2. The molecular weight excluding hydrogens is 210 g/mol. The molecule has 1 saturated heterocycles. The average Bonchev–Trinajstić information content (AvgIpc) is 2.16. The molecule has 0 radical (unpaired) electrons. The quantitative estimate of drug-likeness (QED) is 0.686. The monoisotopic (exact) mass is 229 g/mol. The standard InChI is InChI=1S/C10H19N3O3/c1-7-4-3-5-8(2)13(7)9(14)6-16-12-10(11)15/h7-8H,3-6H2,1-2H3,(H3,11,12,15). The number of hydrogen-bond donors (Lipinski definition) is 2. The summed E-state index contributed by atoms with van der Waals surface area (Å²) in [4.78, 5) is 28.7. The Hall–Kier alpha value is -1.30. The highest BCUT2D eigenvalue weighted by atomic mass is 16.7. The summed E-state index contributed by atoms with van der Waals surface area (Å²) in [6.07, 6.45) is 3.17. The first-order chi connectivity index (χ1) is 7.52. The van der Waals surface area contributed by atoms with Crippen LogP contribution in [-0.2, 0) is 9.63 Å². The number of nitrogens with zero attached hydrogens (tertiary/aromatic N) is 1. The molecule has 16 heavy (non-hydrogen) atoms. The molecule has 0 bridgehead atoms. The zero-order chi connectivity index (χ0) is 12.1. The lowest BCUT2D eigenvalue weighted by Crippen LogP contribution is -2.49. The van der Waals surface area contributed by atoms with Gasteiger partial charge >= 0.3 is 6.03 Å². The number of urea groups is 1. The van der Waals surface area contributed by atoms with Crippen LogP contribution in [0.4, 0.5) is 4.79 Å². The normalized spacial score (nSPS) is 25.2. The maximum Gasteiger partial charge on any atom is 0.336 e. The Bertz CT molecular complexity index is 260. The lowest BCUT2D eigenvalue weighted by atomic mass is 9.97. The van der Waals surface area contributed by atoms with Crippen molar-refractivity contribution in [3.8, 4) is 0 Å². The summed E-state index contributed by atoms with van der Waals surface area (Å²) in [5.74, 6) is -0.117. The molecule has 0 aromatic heterocycles. The summed E-state index contributed by atoms with van der Waals surface area (Å²) in [6, 6.07) is -0.339. The van der Waals surface area contributed by atoms with E-state index in [4.69, 9.17) is 10.6 Å². The first-order valence-electron chi connectivity index (χ1n) is 5.50. The van der Waals surface area contributed by atoms with Crippen LogP contribution in [0.1, 0.15) is 33.1 Å². The number of amides is 3. The summed E-state index contributed by atoms with van der Waals surface area (Å²) >= 11 is 0. The Morgan fingerprint density at radius 3 is 2.44 bits per heavy atom. The number of rotatable bonds is 3. The van der Waals surface area contributed by atoms with E-state index >= 15 is 0 Å². The van der Waals surface area contributed by atoms with Crippen molar-refractivity contribution in [2.45, 2.75) is 45.2 Å². The van der Waals surface area contributed by atoms with Crippen LogP contribution >= 0.6 is 0 Å². The fraction of sp³-hybridized carbons (Fsp3) is 0.800. The molecule has 1 aliphatic rings. The Balaban J connectivity index is 2.41. The van der Waals surface area contributed by atoms with Gasteiger partial charge in [-0.25, -0.2) is 10.3 Å². The van der Waals surface area contributed by atoms with Crippen LogP contribution in [0.25, 0.3) is 0 Å². The van der Waals surface area contributed by atoms with E-state index in [1.807, 2.05) is 24.2 Å². The molecule has 1 heterocycles. The number of primary amides is 1. The first kappa shape index (κ1) is 12.8. The Morgan fingerprint density at radius 1 is 1.38 bits per heavy atom. The number of nitrogens with two attached hydrogens (primary N) is 1. The fourth-order valence-corrected chi connectivity index (χ4v) is 2.16. The van der Waals surface area contributed by atoms with Gasteiger partial charge in [-0.1, -0.05) is 0 Å². The minimum absolute atomic E-state index is 0.117.